The number of carbonyl (C=O) groups excluding carboxylic acids is 1. The molecule has 2 nitrogen and oxygen atoms in total. The van der Waals surface area contributed by atoms with Crippen LogP contribution in [0.2, 0.25) is 0 Å². The molecule has 1 aromatic carbocycles. The molecule has 0 bridgehead atoms. The molecule has 92 valence electrons. The molecule has 1 heterocycles. The van der Waals surface area contributed by atoms with Crippen molar-refractivity contribution in [2.75, 3.05) is 6.54 Å². The molecule has 0 N–H and O–H groups in total. The molecule has 1 atom stereocenters. The fraction of sp³-hybridized carbons (Fsp3) is 0.500. The van der Waals surface area contributed by atoms with Crippen molar-refractivity contribution in [3.8, 4) is 0 Å². The Labute approximate surface area is 101 Å². The predicted octanol–water partition coefficient (Wildman–Crippen LogP) is 3.01. The molecule has 0 spiro atoms. The maximum Gasteiger partial charge on any atom is 0.150 e. The van der Waals surface area contributed by atoms with Gasteiger partial charge in [0, 0.05) is 18.2 Å². The number of aldehydes is 1. The Morgan fingerprint density at radius 1 is 1.47 bits per heavy atom. The monoisotopic (exact) mass is 235 g/mol. The summed E-state index contributed by atoms with van der Waals surface area (Å²) in [5, 5.41) is 0. The van der Waals surface area contributed by atoms with Crippen LogP contribution < -0.4 is 0 Å². The third kappa shape index (κ3) is 2.91. The molecule has 1 fully saturated rings. The van der Waals surface area contributed by atoms with Crippen molar-refractivity contribution in [1.29, 1.82) is 0 Å². The fourth-order valence-corrected chi connectivity index (χ4v) is 2.44. The van der Waals surface area contributed by atoms with Crippen molar-refractivity contribution in [2.45, 2.75) is 38.8 Å². The van der Waals surface area contributed by atoms with Gasteiger partial charge in [0.1, 0.15) is 12.1 Å². The number of likely N-dealkylation sites (tertiary alicyclic amines) is 1. The van der Waals surface area contributed by atoms with Gasteiger partial charge in [0.15, 0.2) is 0 Å². The Kier molecular flexibility index (Phi) is 3.89. The highest BCUT2D eigenvalue weighted by molar-refractivity contribution is 5.77. The first kappa shape index (κ1) is 12.2. The first-order chi connectivity index (χ1) is 8.20. The summed E-state index contributed by atoms with van der Waals surface area (Å²) in [7, 11) is 0. The van der Waals surface area contributed by atoms with E-state index >= 15 is 0 Å². The van der Waals surface area contributed by atoms with Gasteiger partial charge in [-0.3, -0.25) is 9.69 Å². The van der Waals surface area contributed by atoms with Crippen molar-refractivity contribution in [1.82, 2.24) is 4.90 Å². The van der Waals surface area contributed by atoms with Gasteiger partial charge in [-0.1, -0.05) is 6.42 Å². The maximum atomic E-state index is 13.2. The molecule has 17 heavy (non-hydrogen) atoms. The van der Waals surface area contributed by atoms with Gasteiger partial charge in [-0.25, -0.2) is 4.39 Å². The molecule has 1 aliphatic heterocycles. The first-order valence-corrected chi connectivity index (χ1v) is 6.18. The topological polar surface area (TPSA) is 20.3 Å². The fourth-order valence-electron chi connectivity index (χ4n) is 2.44. The van der Waals surface area contributed by atoms with Crippen molar-refractivity contribution in [3.63, 3.8) is 0 Å². The standard InChI is InChI=1S/C14H18FNO/c1-11-4-2-3-7-16(11)9-13-8-14(15)6-5-12(13)10-17/h5-6,8,10-11H,2-4,7,9H2,1H3/t11-/m1/s1. The lowest BCUT2D eigenvalue weighted by Gasteiger charge is -2.33. The Hall–Kier alpha value is -1.22. The molecular weight excluding hydrogens is 217 g/mol. The minimum atomic E-state index is -0.268. The van der Waals surface area contributed by atoms with Gasteiger partial charge in [0.2, 0.25) is 0 Å². The summed E-state index contributed by atoms with van der Waals surface area (Å²) in [6.07, 6.45) is 4.45. The van der Waals surface area contributed by atoms with Crippen LogP contribution in [0.25, 0.3) is 0 Å². The second-order valence-electron chi connectivity index (χ2n) is 4.78. The van der Waals surface area contributed by atoms with E-state index in [1.807, 2.05) is 0 Å². The summed E-state index contributed by atoms with van der Waals surface area (Å²) in [6.45, 7) is 3.90. The third-order valence-electron chi connectivity index (χ3n) is 3.55. The molecule has 0 radical (unpaired) electrons. The van der Waals surface area contributed by atoms with Crippen LogP contribution in [0.5, 0.6) is 0 Å². The summed E-state index contributed by atoms with van der Waals surface area (Å²) < 4.78 is 13.2. The van der Waals surface area contributed by atoms with E-state index in [2.05, 4.69) is 11.8 Å². The minimum Gasteiger partial charge on any atom is -0.298 e. The Balaban J connectivity index is 2.16. The van der Waals surface area contributed by atoms with Gasteiger partial charge >= 0.3 is 0 Å². The Bertz CT molecular complexity index is 405. The molecule has 0 saturated carbocycles. The van der Waals surface area contributed by atoms with E-state index in [1.165, 1.54) is 31.4 Å². The first-order valence-electron chi connectivity index (χ1n) is 6.18. The highest BCUT2D eigenvalue weighted by atomic mass is 19.1. The summed E-state index contributed by atoms with van der Waals surface area (Å²) in [6, 6.07) is 4.90. The van der Waals surface area contributed by atoms with Gasteiger partial charge in [-0.05, 0) is 50.1 Å². The number of nitrogens with zero attached hydrogens (tertiary/aromatic N) is 1. The second-order valence-corrected chi connectivity index (χ2v) is 4.78. The van der Waals surface area contributed by atoms with Crippen LogP contribution in [0, 0.1) is 5.82 Å². The molecule has 1 aliphatic rings. The summed E-state index contributed by atoms with van der Waals surface area (Å²) in [4.78, 5) is 13.2. The molecule has 0 aromatic heterocycles. The number of rotatable bonds is 3. The number of piperidine rings is 1. The summed E-state index contributed by atoms with van der Waals surface area (Å²) >= 11 is 0. The lowest BCUT2D eigenvalue weighted by Crippen LogP contribution is -2.37. The molecule has 1 aromatic rings. The third-order valence-corrected chi connectivity index (χ3v) is 3.55. The van der Waals surface area contributed by atoms with Crippen molar-refractivity contribution < 1.29 is 9.18 Å². The van der Waals surface area contributed by atoms with Crippen LogP contribution in [-0.4, -0.2) is 23.8 Å². The van der Waals surface area contributed by atoms with Crippen LogP contribution >= 0.6 is 0 Å². The highest BCUT2D eigenvalue weighted by Gasteiger charge is 2.19. The smallest absolute Gasteiger partial charge is 0.150 e. The van der Waals surface area contributed by atoms with Gasteiger partial charge in [-0.2, -0.15) is 0 Å². The quantitative estimate of drug-likeness (QED) is 0.751. The van der Waals surface area contributed by atoms with E-state index in [9.17, 15) is 9.18 Å². The van der Waals surface area contributed by atoms with Crippen LogP contribution in [0.15, 0.2) is 18.2 Å². The van der Waals surface area contributed by atoms with Gasteiger partial charge < -0.3 is 0 Å². The van der Waals surface area contributed by atoms with Crippen molar-refractivity contribution >= 4 is 6.29 Å². The minimum absolute atomic E-state index is 0.268. The number of benzene rings is 1. The second kappa shape index (κ2) is 5.41. The Morgan fingerprint density at radius 3 is 3.00 bits per heavy atom. The molecule has 0 amide bonds. The largest absolute Gasteiger partial charge is 0.298 e. The normalized spacial score (nSPS) is 21.4. The van der Waals surface area contributed by atoms with Gasteiger partial charge in [0.25, 0.3) is 0 Å². The zero-order valence-electron chi connectivity index (χ0n) is 10.2. The van der Waals surface area contributed by atoms with E-state index in [1.54, 1.807) is 6.07 Å². The van der Waals surface area contributed by atoms with Crippen LogP contribution in [-0.2, 0) is 6.54 Å². The van der Waals surface area contributed by atoms with Crippen LogP contribution in [0.4, 0.5) is 4.39 Å². The lowest BCUT2D eigenvalue weighted by atomic mass is 10.0. The molecule has 0 aliphatic carbocycles. The van der Waals surface area contributed by atoms with E-state index in [0.717, 1.165) is 18.4 Å². The van der Waals surface area contributed by atoms with E-state index in [0.29, 0.717) is 18.2 Å². The van der Waals surface area contributed by atoms with E-state index < -0.39 is 0 Å². The van der Waals surface area contributed by atoms with E-state index in [-0.39, 0.29) is 5.82 Å². The highest BCUT2D eigenvalue weighted by Crippen LogP contribution is 2.20. The predicted molar refractivity (Wildman–Crippen MR) is 65.5 cm³/mol. The number of hydrogen-bond donors (Lipinski definition) is 0. The maximum absolute atomic E-state index is 13.2. The van der Waals surface area contributed by atoms with Gasteiger partial charge in [-0.15, -0.1) is 0 Å². The average Bonchev–Trinajstić information content (AvgIpc) is 2.32. The number of hydrogen-bond acceptors (Lipinski definition) is 2. The molecule has 0 unspecified atom stereocenters. The van der Waals surface area contributed by atoms with Crippen LogP contribution in [0.1, 0.15) is 42.1 Å². The number of carbonyl (C=O) groups is 1. The average molecular weight is 235 g/mol. The van der Waals surface area contributed by atoms with E-state index in [4.69, 9.17) is 0 Å². The van der Waals surface area contributed by atoms with Crippen LogP contribution in [0.3, 0.4) is 0 Å². The lowest BCUT2D eigenvalue weighted by molar-refractivity contribution is 0.111. The molecule has 2 rings (SSSR count). The Morgan fingerprint density at radius 2 is 2.29 bits per heavy atom. The summed E-state index contributed by atoms with van der Waals surface area (Å²) in [5.74, 6) is -0.268. The molecule has 3 heteroatoms. The molecule has 1 saturated heterocycles. The van der Waals surface area contributed by atoms with Gasteiger partial charge in [0.05, 0.1) is 0 Å². The molecular formula is C14H18FNO. The zero-order valence-corrected chi connectivity index (χ0v) is 10.2. The van der Waals surface area contributed by atoms with Crippen molar-refractivity contribution in [3.05, 3.63) is 35.1 Å². The zero-order chi connectivity index (χ0) is 12.3. The SMILES string of the molecule is C[C@@H]1CCCCN1Cc1cc(F)ccc1C=O. The summed E-state index contributed by atoms with van der Waals surface area (Å²) in [5.41, 5.74) is 1.40. The van der Waals surface area contributed by atoms with Crippen molar-refractivity contribution in [2.24, 2.45) is 0 Å². The number of halogens is 1.